The maximum atomic E-state index is 13.4. The molecule has 0 heterocycles. The molecule has 3 aromatic rings. The van der Waals surface area contributed by atoms with Gasteiger partial charge in [0.15, 0.2) is 11.5 Å². The Morgan fingerprint density at radius 1 is 1.08 bits per heavy atom. The monoisotopic (exact) mass is 561 g/mol. The Kier molecular flexibility index (Phi) is 9.36. The van der Waals surface area contributed by atoms with Gasteiger partial charge in [-0.15, -0.1) is 0 Å². The highest BCUT2D eigenvalue weighted by Crippen LogP contribution is 2.33. The predicted octanol–water partition coefficient (Wildman–Crippen LogP) is 4.93. The molecule has 0 radical (unpaired) electrons. The lowest BCUT2D eigenvalue weighted by molar-refractivity contribution is -0.137. The molecule has 0 aliphatic carbocycles. The third-order valence-corrected chi connectivity index (χ3v) is 7.09. The molecule has 0 aromatic heterocycles. The van der Waals surface area contributed by atoms with Crippen LogP contribution in [0, 0.1) is 6.92 Å². The summed E-state index contributed by atoms with van der Waals surface area (Å²) in [6.07, 6.45) is -1.85. The number of hydrazone groups is 1. The first-order valence-corrected chi connectivity index (χ1v) is 12.9. The summed E-state index contributed by atoms with van der Waals surface area (Å²) in [5, 5.41) is 3.84. The molecule has 3 rings (SSSR count). The number of carbonyl (C=O) groups is 1. The van der Waals surface area contributed by atoms with Crippen molar-refractivity contribution in [2.45, 2.75) is 18.0 Å². The fraction of sp³-hybridized carbons (Fsp3) is 0.185. The van der Waals surface area contributed by atoms with E-state index in [1.54, 1.807) is 43.3 Å². The lowest BCUT2D eigenvalue weighted by Gasteiger charge is -2.24. The molecular weight excluding hydrogens is 535 g/mol. The van der Waals surface area contributed by atoms with E-state index in [0.29, 0.717) is 27.4 Å². The number of anilines is 1. The van der Waals surface area contributed by atoms with Crippen LogP contribution < -0.4 is 19.2 Å². The van der Waals surface area contributed by atoms with Crippen molar-refractivity contribution >= 4 is 27.8 Å². The number of aryl methyl sites for hydroxylation is 1. The van der Waals surface area contributed by atoms with Crippen molar-refractivity contribution in [1.82, 2.24) is 5.43 Å². The first-order valence-electron chi connectivity index (χ1n) is 11.5. The minimum absolute atomic E-state index is 0.187. The van der Waals surface area contributed by atoms with Gasteiger partial charge in [0.25, 0.3) is 15.9 Å². The zero-order valence-corrected chi connectivity index (χ0v) is 21.9. The number of benzene rings is 3. The lowest BCUT2D eigenvalue weighted by atomic mass is 10.2. The van der Waals surface area contributed by atoms with Gasteiger partial charge in [-0.3, -0.25) is 9.10 Å². The second-order valence-electron chi connectivity index (χ2n) is 8.18. The summed E-state index contributed by atoms with van der Waals surface area (Å²) in [5.74, 6) is 0.000848. The highest BCUT2D eigenvalue weighted by Gasteiger charge is 2.33. The van der Waals surface area contributed by atoms with Crippen molar-refractivity contribution in [2.24, 2.45) is 5.10 Å². The standard InChI is InChI=1S/C27H26F3N3O5S/c1-4-14-38-24-13-10-20(15-25(24)37-3)17-31-32-26(34)18-33(22-7-5-6-21(16-22)27(28,29)30)39(35,36)23-11-8-19(2)9-12-23/h4-13,15-17H,1,14,18H2,2-3H3,(H,32,34)/b31-17-. The molecule has 1 N–H and O–H groups in total. The number of hydrogen-bond acceptors (Lipinski definition) is 6. The molecule has 0 bridgehead atoms. The van der Waals surface area contributed by atoms with E-state index in [2.05, 4.69) is 17.1 Å². The molecule has 8 nitrogen and oxygen atoms in total. The fourth-order valence-corrected chi connectivity index (χ4v) is 4.78. The molecule has 3 aromatic carbocycles. The summed E-state index contributed by atoms with van der Waals surface area (Å²) in [7, 11) is -2.96. The Morgan fingerprint density at radius 3 is 2.44 bits per heavy atom. The third-order valence-electron chi connectivity index (χ3n) is 5.30. The molecular formula is C27H26F3N3O5S. The van der Waals surface area contributed by atoms with E-state index in [-0.39, 0.29) is 17.2 Å². The molecule has 0 atom stereocenters. The van der Waals surface area contributed by atoms with E-state index >= 15 is 0 Å². The lowest BCUT2D eigenvalue weighted by Crippen LogP contribution is -2.39. The van der Waals surface area contributed by atoms with Crippen molar-refractivity contribution in [3.63, 3.8) is 0 Å². The Balaban J connectivity index is 1.86. The second kappa shape index (κ2) is 12.5. The number of nitrogens with zero attached hydrogens (tertiary/aromatic N) is 2. The summed E-state index contributed by atoms with van der Waals surface area (Å²) in [6, 6.07) is 14.3. The summed E-state index contributed by atoms with van der Waals surface area (Å²) in [5.41, 5.74) is 2.13. The molecule has 0 aliphatic heterocycles. The van der Waals surface area contributed by atoms with Crippen molar-refractivity contribution in [1.29, 1.82) is 0 Å². The minimum Gasteiger partial charge on any atom is -0.493 e. The molecule has 0 spiro atoms. The van der Waals surface area contributed by atoms with Crippen LogP contribution in [0.1, 0.15) is 16.7 Å². The summed E-state index contributed by atoms with van der Waals surface area (Å²) in [6.45, 7) is 4.78. The average Bonchev–Trinajstić information content (AvgIpc) is 2.90. The first-order chi connectivity index (χ1) is 18.5. The largest absolute Gasteiger partial charge is 0.493 e. The normalized spacial score (nSPS) is 11.7. The molecule has 0 saturated heterocycles. The van der Waals surface area contributed by atoms with Gasteiger partial charge < -0.3 is 9.47 Å². The smallest absolute Gasteiger partial charge is 0.416 e. The first kappa shape index (κ1) is 29.2. The zero-order chi connectivity index (χ0) is 28.6. The Hall–Kier alpha value is -4.32. The van der Waals surface area contributed by atoms with Gasteiger partial charge in [-0.25, -0.2) is 13.8 Å². The Morgan fingerprint density at radius 2 is 1.79 bits per heavy atom. The van der Waals surface area contributed by atoms with Crippen LogP contribution in [0.15, 0.2) is 89.4 Å². The van der Waals surface area contributed by atoms with Gasteiger partial charge in [-0.05, 0) is 61.0 Å². The number of alkyl halides is 3. The maximum absolute atomic E-state index is 13.4. The van der Waals surface area contributed by atoms with Gasteiger partial charge >= 0.3 is 6.18 Å². The quantitative estimate of drug-likeness (QED) is 0.203. The average molecular weight is 562 g/mol. The van der Waals surface area contributed by atoms with E-state index in [9.17, 15) is 26.4 Å². The van der Waals surface area contributed by atoms with Crippen LogP contribution in [0.25, 0.3) is 0 Å². The van der Waals surface area contributed by atoms with E-state index in [0.717, 1.165) is 17.7 Å². The number of nitrogens with one attached hydrogen (secondary N) is 1. The van der Waals surface area contributed by atoms with Gasteiger partial charge in [0, 0.05) is 0 Å². The van der Waals surface area contributed by atoms with E-state index < -0.39 is 34.2 Å². The summed E-state index contributed by atoms with van der Waals surface area (Å²) >= 11 is 0. The van der Waals surface area contributed by atoms with Crippen LogP contribution in [0.2, 0.25) is 0 Å². The Bertz CT molecular complexity index is 1460. The maximum Gasteiger partial charge on any atom is 0.416 e. The van der Waals surface area contributed by atoms with Gasteiger partial charge in [-0.2, -0.15) is 18.3 Å². The van der Waals surface area contributed by atoms with E-state index in [1.807, 2.05) is 0 Å². The number of hydrogen-bond donors (Lipinski definition) is 1. The predicted molar refractivity (Wildman–Crippen MR) is 142 cm³/mol. The number of ether oxygens (including phenoxy) is 2. The van der Waals surface area contributed by atoms with Crippen molar-refractivity contribution in [3.05, 3.63) is 96.1 Å². The number of rotatable bonds is 11. The van der Waals surface area contributed by atoms with Crippen molar-refractivity contribution < 1.29 is 35.9 Å². The van der Waals surface area contributed by atoms with Crippen LogP contribution in [-0.2, 0) is 21.0 Å². The van der Waals surface area contributed by atoms with Crippen LogP contribution in [0.5, 0.6) is 11.5 Å². The second-order valence-corrected chi connectivity index (χ2v) is 10.0. The van der Waals surface area contributed by atoms with Crippen LogP contribution in [-0.4, -0.2) is 40.8 Å². The number of carbonyl (C=O) groups excluding carboxylic acids is 1. The molecule has 0 aliphatic rings. The SMILES string of the molecule is C=CCOc1ccc(/C=N\NC(=O)CN(c2cccc(C(F)(F)F)c2)S(=O)(=O)c2ccc(C)cc2)cc1OC. The van der Waals surface area contributed by atoms with E-state index in [1.165, 1.54) is 31.5 Å². The number of methoxy groups -OCH3 is 1. The molecule has 12 heteroatoms. The third kappa shape index (κ3) is 7.60. The highest BCUT2D eigenvalue weighted by molar-refractivity contribution is 7.92. The highest BCUT2D eigenvalue weighted by atomic mass is 32.2. The molecule has 0 unspecified atom stereocenters. The number of amides is 1. The fourth-order valence-electron chi connectivity index (χ4n) is 3.37. The van der Waals surface area contributed by atoms with Gasteiger partial charge in [-0.1, -0.05) is 36.4 Å². The zero-order valence-electron chi connectivity index (χ0n) is 21.1. The summed E-state index contributed by atoms with van der Waals surface area (Å²) in [4.78, 5) is 12.5. The Labute approximate surface area is 224 Å². The van der Waals surface area contributed by atoms with Crippen molar-refractivity contribution in [2.75, 3.05) is 24.6 Å². The van der Waals surface area contributed by atoms with Crippen LogP contribution in [0.4, 0.5) is 18.9 Å². The van der Waals surface area contributed by atoms with Gasteiger partial charge in [0.2, 0.25) is 0 Å². The van der Waals surface area contributed by atoms with Crippen molar-refractivity contribution in [3.8, 4) is 11.5 Å². The summed E-state index contributed by atoms with van der Waals surface area (Å²) < 4.78 is 78.2. The molecule has 39 heavy (non-hydrogen) atoms. The number of sulfonamides is 1. The van der Waals surface area contributed by atoms with Gasteiger partial charge in [0.05, 0.1) is 29.5 Å². The molecule has 206 valence electrons. The molecule has 0 fully saturated rings. The van der Waals surface area contributed by atoms with Crippen LogP contribution in [0.3, 0.4) is 0 Å². The molecule has 0 saturated carbocycles. The molecule has 1 amide bonds. The topological polar surface area (TPSA) is 97.3 Å². The minimum atomic E-state index is -4.71. The van der Waals surface area contributed by atoms with Gasteiger partial charge in [0.1, 0.15) is 13.2 Å². The van der Waals surface area contributed by atoms with E-state index in [4.69, 9.17) is 9.47 Å². The number of halogens is 3. The van der Waals surface area contributed by atoms with Crippen LogP contribution >= 0.6 is 0 Å².